The Morgan fingerprint density at radius 3 is 2.67 bits per heavy atom. The van der Waals surface area contributed by atoms with E-state index in [9.17, 15) is 4.79 Å². The van der Waals surface area contributed by atoms with Gasteiger partial charge in [-0.05, 0) is 50.8 Å². The van der Waals surface area contributed by atoms with Crippen molar-refractivity contribution in [2.24, 2.45) is 0 Å². The van der Waals surface area contributed by atoms with E-state index in [0.717, 1.165) is 34.2 Å². The molecule has 0 unspecified atom stereocenters. The number of carbonyl (C=O) groups is 1. The van der Waals surface area contributed by atoms with Crippen molar-refractivity contribution >= 4 is 39.9 Å². The number of nitrogens with one attached hydrogen (secondary N) is 1. The number of hydrogen-bond donors (Lipinski definition) is 1. The summed E-state index contributed by atoms with van der Waals surface area (Å²) in [5.74, 6) is 0.00949. The smallest absolute Gasteiger partial charge is 0.237 e. The average molecular weight is 322 g/mol. The molecule has 1 aromatic carbocycles. The van der Waals surface area contributed by atoms with Crippen molar-refractivity contribution in [2.45, 2.75) is 38.9 Å². The van der Waals surface area contributed by atoms with E-state index < -0.39 is 0 Å². The molecule has 1 saturated heterocycles. The van der Waals surface area contributed by atoms with Gasteiger partial charge in [-0.15, -0.1) is 0 Å². The van der Waals surface area contributed by atoms with E-state index >= 15 is 0 Å². The van der Waals surface area contributed by atoms with Crippen LogP contribution in [0.3, 0.4) is 0 Å². The van der Waals surface area contributed by atoms with Crippen LogP contribution in [0.2, 0.25) is 0 Å². The fourth-order valence-corrected chi connectivity index (χ4v) is 3.70. The van der Waals surface area contributed by atoms with Gasteiger partial charge in [0.2, 0.25) is 5.91 Å². The van der Waals surface area contributed by atoms with Crippen LogP contribution in [0.25, 0.3) is 0 Å². The number of carbonyl (C=O) groups excluding carboxylic acids is 1. The molecule has 0 aromatic heterocycles. The van der Waals surface area contributed by atoms with Gasteiger partial charge in [-0.1, -0.05) is 36.1 Å². The Morgan fingerprint density at radius 2 is 2.00 bits per heavy atom. The van der Waals surface area contributed by atoms with Crippen LogP contribution >= 0.6 is 24.0 Å². The largest absolute Gasteiger partial charge is 0.358 e. The first-order chi connectivity index (χ1) is 9.97. The van der Waals surface area contributed by atoms with Crippen LogP contribution in [0, 0.1) is 13.8 Å². The highest BCUT2D eigenvalue weighted by Gasteiger charge is 2.21. The van der Waals surface area contributed by atoms with Crippen molar-refractivity contribution in [1.29, 1.82) is 0 Å². The molecule has 1 heterocycles. The van der Waals surface area contributed by atoms with Crippen molar-refractivity contribution in [3.05, 3.63) is 29.3 Å². The van der Waals surface area contributed by atoms with Crippen molar-refractivity contribution in [1.82, 2.24) is 4.90 Å². The minimum absolute atomic E-state index is 0.00949. The molecule has 114 valence electrons. The van der Waals surface area contributed by atoms with Crippen molar-refractivity contribution in [3.8, 4) is 0 Å². The molecule has 1 amide bonds. The Morgan fingerprint density at radius 1 is 1.33 bits per heavy atom. The zero-order chi connectivity index (χ0) is 15.4. The highest BCUT2D eigenvalue weighted by Crippen LogP contribution is 2.22. The molecule has 1 aliphatic heterocycles. The predicted octanol–water partition coefficient (Wildman–Crippen LogP) is 3.74. The Bertz CT molecular complexity index is 539. The normalized spacial score (nSPS) is 15.9. The Kier molecular flexibility index (Phi) is 5.65. The van der Waals surface area contributed by atoms with E-state index in [1.54, 1.807) is 0 Å². The molecule has 1 N–H and O–H groups in total. The summed E-state index contributed by atoms with van der Waals surface area (Å²) in [4.78, 5) is 14.5. The molecule has 2 rings (SSSR count). The lowest BCUT2D eigenvalue weighted by molar-refractivity contribution is -0.115. The number of likely N-dealkylation sites (tertiary alicyclic amines) is 1. The van der Waals surface area contributed by atoms with Gasteiger partial charge in [-0.25, -0.2) is 0 Å². The number of anilines is 1. The molecule has 3 nitrogen and oxygen atoms in total. The summed E-state index contributed by atoms with van der Waals surface area (Å²) in [7, 11) is 0. The first-order valence-electron chi connectivity index (χ1n) is 7.31. The fraction of sp³-hybridized carbons (Fsp3) is 0.500. The summed E-state index contributed by atoms with van der Waals surface area (Å²) >= 11 is 6.91. The van der Waals surface area contributed by atoms with E-state index in [2.05, 4.69) is 10.2 Å². The van der Waals surface area contributed by atoms with Gasteiger partial charge in [0.15, 0.2) is 0 Å². The summed E-state index contributed by atoms with van der Waals surface area (Å²) in [5, 5.41) is 2.83. The Labute approximate surface area is 136 Å². The van der Waals surface area contributed by atoms with Crippen LogP contribution in [-0.2, 0) is 4.79 Å². The highest BCUT2D eigenvalue weighted by molar-refractivity contribution is 8.23. The second-order valence-electron chi connectivity index (χ2n) is 5.53. The standard InChI is InChI=1S/C16H22N2OS2/c1-11-6-7-12(2)14(10-11)17-15(19)13(3)21-16(20)18-8-4-5-9-18/h6-7,10,13H,4-5,8-9H2,1-3H3,(H,17,19)/t13-/m0/s1. The van der Waals surface area contributed by atoms with E-state index in [1.165, 1.54) is 24.6 Å². The van der Waals surface area contributed by atoms with Gasteiger partial charge in [-0.2, -0.15) is 0 Å². The number of aryl methyl sites for hydroxylation is 2. The Hall–Kier alpha value is -1.07. The summed E-state index contributed by atoms with van der Waals surface area (Å²) < 4.78 is 0.844. The summed E-state index contributed by atoms with van der Waals surface area (Å²) in [6, 6.07) is 6.08. The SMILES string of the molecule is Cc1ccc(C)c(NC(=O)[C@H](C)SC(=S)N2CCCC2)c1. The molecule has 0 bridgehead atoms. The van der Waals surface area contributed by atoms with Gasteiger partial charge in [0.1, 0.15) is 4.32 Å². The third-order valence-electron chi connectivity index (χ3n) is 3.66. The molecule has 1 aromatic rings. The lowest BCUT2D eigenvalue weighted by atomic mass is 10.1. The highest BCUT2D eigenvalue weighted by atomic mass is 32.2. The molecule has 21 heavy (non-hydrogen) atoms. The van der Waals surface area contributed by atoms with Crippen LogP contribution in [0.1, 0.15) is 30.9 Å². The second kappa shape index (κ2) is 7.27. The number of thioether (sulfide) groups is 1. The van der Waals surface area contributed by atoms with Gasteiger partial charge in [0, 0.05) is 18.8 Å². The molecular formula is C16H22N2OS2. The van der Waals surface area contributed by atoms with Crippen LogP contribution in [0.5, 0.6) is 0 Å². The summed E-state index contributed by atoms with van der Waals surface area (Å²) in [5.41, 5.74) is 3.11. The first kappa shape index (κ1) is 16.3. The second-order valence-corrected chi connectivity index (χ2v) is 7.50. The van der Waals surface area contributed by atoms with Gasteiger partial charge >= 0.3 is 0 Å². The average Bonchev–Trinajstić information content (AvgIpc) is 2.97. The zero-order valence-electron chi connectivity index (χ0n) is 12.8. The quantitative estimate of drug-likeness (QED) is 0.859. The number of benzene rings is 1. The van der Waals surface area contributed by atoms with E-state index in [-0.39, 0.29) is 11.2 Å². The molecule has 1 fully saturated rings. The fourth-order valence-electron chi connectivity index (χ4n) is 2.28. The lowest BCUT2D eigenvalue weighted by Gasteiger charge is -2.20. The van der Waals surface area contributed by atoms with Gasteiger partial charge in [0.05, 0.1) is 5.25 Å². The molecular weight excluding hydrogens is 300 g/mol. The van der Waals surface area contributed by atoms with Crippen molar-refractivity contribution in [2.75, 3.05) is 18.4 Å². The third-order valence-corrected chi connectivity index (χ3v) is 5.24. The van der Waals surface area contributed by atoms with Crippen LogP contribution < -0.4 is 5.32 Å². The Balaban J connectivity index is 1.93. The molecule has 1 atom stereocenters. The number of amides is 1. The zero-order valence-corrected chi connectivity index (χ0v) is 14.4. The van der Waals surface area contributed by atoms with E-state index in [1.807, 2.05) is 39.0 Å². The topological polar surface area (TPSA) is 32.3 Å². The molecule has 0 aliphatic carbocycles. The maximum atomic E-state index is 12.3. The summed E-state index contributed by atoms with van der Waals surface area (Å²) in [6.07, 6.45) is 2.40. The van der Waals surface area contributed by atoms with Gasteiger partial charge in [-0.3, -0.25) is 4.79 Å². The molecule has 1 aliphatic rings. The van der Waals surface area contributed by atoms with E-state index in [4.69, 9.17) is 12.2 Å². The minimum Gasteiger partial charge on any atom is -0.358 e. The lowest BCUT2D eigenvalue weighted by Crippen LogP contribution is -2.29. The van der Waals surface area contributed by atoms with E-state index in [0.29, 0.717) is 0 Å². The van der Waals surface area contributed by atoms with Crippen LogP contribution in [-0.4, -0.2) is 33.5 Å². The molecule has 0 spiro atoms. The molecule has 0 saturated carbocycles. The van der Waals surface area contributed by atoms with Gasteiger partial charge < -0.3 is 10.2 Å². The van der Waals surface area contributed by atoms with Crippen molar-refractivity contribution < 1.29 is 4.79 Å². The van der Waals surface area contributed by atoms with Crippen LogP contribution in [0.15, 0.2) is 18.2 Å². The maximum Gasteiger partial charge on any atom is 0.237 e. The first-order valence-corrected chi connectivity index (χ1v) is 8.60. The van der Waals surface area contributed by atoms with Crippen molar-refractivity contribution in [3.63, 3.8) is 0 Å². The molecule has 0 radical (unpaired) electrons. The molecule has 5 heteroatoms. The van der Waals surface area contributed by atoms with Gasteiger partial charge in [0.25, 0.3) is 0 Å². The minimum atomic E-state index is -0.182. The monoisotopic (exact) mass is 322 g/mol. The maximum absolute atomic E-state index is 12.3. The third kappa shape index (κ3) is 4.45. The predicted molar refractivity (Wildman–Crippen MR) is 95.0 cm³/mol. The number of thiocarbonyl (C=S) groups is 1. The number of hydrogen-bond acceptors (Lipinski definition) is 3. The number of nitrogens with zero attached hydrogens (tertiary/aromatic N) is 1. The summed E-state index contributed by atoms with van der Waals surface area (Å²) in [6.45, 7) is 7.99. The van der Waals surface area contributed by atoms with Crippen LogP contribution in [0.4, 0.5) is 5.69 Å². The number of rotatable bonds is 3.